The molecule has 3 N–H and O–H groups in total. The zero-order chi connectivity index (χ0) is 21.2. The molecule has 0 radical (unpaired) electrons. The average Bonchev–Trinajstić information content (AvgIpc) is 3.02. The number of aromatic amines is 1. The van der Waals surface area contributed by atoms with Crippen molar-refractivity contribution in [3.05, 3.63) is 41.1 Å². The Morgan fingerprint density at radius 1 is 1.21 bits per heavy atom. The molecule has 1 aromatic carbocycles. The van der Waals surface area contributed by atoms with Crippen LogP contribution in [-0.4, -0.2) is 45.2 Å². The van der Waals surface area contributed by atoms with Gasteiger partial charge in [-0.1, -0.05) is 6.07 Å². The molecule has 154 valence electrons. The van der Waals surface area contributed by atoms with Crippen molar-refractivity contribution in [1.82, 2.24) is 15.1 Å². The number of amides is 3. The quantitative estimate of drug-likeness (QED) is 0.734. The van der Waals surface area contributed by atoms with E-state index >= 15 is 0 Å². The summed E-state index contributed by atoms with van der Waals surface area (Å²) in [5, 5.41) is 12.5. The number of H-pyrrole nitrogens is 1. The lowest BCUT2D eigenvalue weighted by Crippen LogP contribution is -2.39. The first-order valence-electron chi connectivity index (χ1n) is 9.35. The number of anilines is 2. The Morgan fingerprint density at radius 2 is 1.97 bits per heavy atom. The Bertz CT molecular complexity index is 945. The normalized spacial score (nSPS) is 13.4. The van der Waals surface area contributed by atoms with E-state index in [9.17, 15) is 14.4 Å². The van der Waals surface area contributed by atoms with E-state index in [1.807, 2.05) is 20.8 Å². The van der Waals surface area contributed by atoms with Gasteiger partial charge in [0.2, 0.25) is 5.91 Å². The summed E-state index contributed by atoms with van der Waals surface area (Å²) in [6.45, 7) is 7.69. The number of fused-ring (bicyclic) bond motifs is 1. The second kappa shape index (κ2) is 7.94. The van der Waals surface area contributed by atoms with Gasteiger partial charge in [-0.3, -0.25) is 14.7 Å². The fourth-order valence-electron chi connectivity index (χ4n) is 3.02. The van der Waals surface area contributed by atoms with Gasteiger partial charge in [0.05, 0.1) is 12.2 Å². The number of ether oxygens (including phenoxy) is 1. The first kappa shape index (κ1) is 20.4. The molecule has 9 nitrogen and oxygen atoms in total. The summed E-state index contributed by atoms with van der Waals surface area (Å²) in [6.07, 6.45) is 0.171. The minimum Gasteiger partial charge on any atom is -0.444 e. The molecular weight excluding hydrogens is 374 g/mol. The largest absolute Gasteiger partial charge is 0.444 e. The molecule has 2 heterocycles. The van der Waals surface area contributed by atoms with Crippen LogP contribution in [0.3, 0.4) is 0 Å². The van der Waals surface area contributed by atoms with E-state index < -0.39 is 5.60 Å². The Balaban J connectivity index is 1.68. The molecule has 3 rings (SSSR count). The zero-order valence-corrected chi connectivity index (χ0v) is 17.0. The molecule has 0 saturated heterocycles. The van der Waals surface area contributed by atoms with Crippen molar-refractivity contribution in [3.8, 4) is 0 Å². The van der Waals surface area contributed by atoms with E-state index in [-0.39, 0.29) is 17.9 Å². The van der Waals surface area contributed by atoms with Crippen molar-refractivity contribution in [2.24, 2.45) is 0 Å². The van der Waals surface area contributed by atoms with Gasteiger partial charge in [0.1, 0.15) is 5.60 Å². The maximum absolute atomic E-state index is 12.6. The van der Waals surface area contributed by atoms with Gasteiger partial charge in [-0.25, -0.2) is 4.79 Å². The minimum absolute atomic E-state index is 0.210. The highest BCUT2D eigenvalue weighted by Gasteiger charge is 2.28. The lowest BCUT2D eigenvalue weighted by molar-refractivity contribution is -0.114. The van der Waals surface area contributed by atoms with Gasteiger partial charge in [0.25, 0.3) is 5.91 Å². The molecule has 0 atom stereocenters. The third-order valence-corrected chi connectivity index (χ3v) is 4.26. The van der Waals surface area contributed by atoms with E-state index in [0.29, 0.717) is 36.6 Å². The second-order valence-corrected chi connectivity index (χ2v) is 7.90. The molecule has 1 aromatic heterocycles. The number of hydrogen-bond acceptors (Lipinski definition) is 5. The zero-order valence-electron chi connectivity index (χ0n) is 17.0. The summed E-state index contributed by atoms with van der Waals surface area (Å²) in [5.74, 6) is -0.0988. The number of aromatic nitrogens is 2. The van der Waals surface area contributed by atoms with Crippen molar-refractivity contribution in [3.63, 3.8) is 0 Å². The number of hydrogen-bond donors (Lipinski definition) is 3. The van der Waals surface area contributed by atoms with Crippen molar-refractivity contribution in [2.45, 2.75) is 46.3 Å². The molecule has 0 bridgehead atoms. The van der Waals surface area contributed by atoms with E-state index in [2.05, 4.69) is 20.8 Å². The molecule has 3 amide bonds. The fraction of sp³-hybridized carbons (Fsp3) is 0.400. The van der Waals surface area contributed by atoms with Gasteiger partial charge in [-0.15, -0.1) is 0 Å². The van der Waals surface area contributed by atoms with E-state index in [1.54, 1.807) is 29.2 Å². The first-order chi connectivity index (χ1) is 13.6. The van der Waals surface area contributed by atoms with E-state index in [1.165, 1.54) is 6.92 Å². The highest BCUT2D eigenvalue weighted by Crippen LogP contribution is 2.25. The van der Waals surface area contributed by atoms with Crippen molar-refractivity contribution in [1.29, 1.82) is 0 Å². The van der Waals surface area contributed by atoms with Crippen LogP contribution in [-0.2, 0) is 22.5 Å². The maximum Gasteiger partial charge on any atom is 0.410 e. The molecule has 1 aliphatic heterocycles. The predicted octanol–water partition coefficient (Wildman–Crippen LogP) is 2.91. The Morgan fingerprint density at radius 3 is 2.66 bits per heavy atom. The molecule has 0 spiro atoms. The van der Waals surface area contributed by atoms with Crippen LogP contribution in [0.5, 0.6) is 0 Å². The van der Waals surface area contributed by atoms with Crippen LogP contribution < -0.4 is 10.6 Å². The Kier molecular flexibility index (Phi) is 5.58. The fourth-order valence-corrected chi connectivity index (χ4v) is 3.02. The van der Waals surface area contributed by atoms with E-state index in [0.717, 1.165) is 11.3 Å². The lowest BCUT2D eigenvalue weighted by atomic mass is 10.1. The predicted molar refractivity (Wildman–Crippen MR) is 108 cm³/mol. The average molecular weight is 399 g/mol. The maximum atomic E-state index is 12.6. The molecule has 0 aliphatic carbocycles. The summed E-state index contributed by atoms with van der Waals surface area (Å²) in [6, 6.07) is 6.66. The number of nitrogens with zero attached hydrogens (tertiary/aromatic N) is 2. The minimum atomic E-state index is -0.559. The highest BCUT2D eigenvalue weighted by atomic mass is 16.6. The monoisotopic (exact) mass is 399 g/mol. The molecule has 0 saturated carbocycles. The lowest BCUT2D eigenvalue weighted by Gasteiger charge is -2.29. The second-order valence-electron chi connectivity index (χ2n) is 7.90. The van der Waals surface area contributed by atoms with Crippen molar-refractivity contribution >= 4 is 29.4 Å². The van der Waals surface area contributed by atoms with Crippen LogP contribution in [0.15, 0.2) is 24.3 Å². The van der Waals surface area contributed by atoms with Gasteiger partial charge < -0.3 is 20.3 Å². The summed E-state index contributed by atoms with van der Waals surface area (Å²) in [4.78, 5) is 37.7. The Hall–Kier alpha value is -3.36. The van der Waals surface area contributed by atoms with Crippen LogP contribution >= 0.6 is 0 Å². The number of benzene rings is 1. The van der Waals surface area contributed by atoms with Crippen molar-refractivity contribution in [2.75, 3.05) is 17.2 Å². The number of carbonyl (C=O) groups is 3. The van der Waals surface area contributed by atoms with Crippen molar-refractivity contribution < 1.29 is 19.1 Å². The molecule has 1 aliphatic rings. The van der Waals surface area contributed by atoms with Crippen LogP contribution in [0.2, 0.25) is 0 Å². The first-order valence-corrected chi connectivity index (χ1v) is 9.35. The van der Waals surface area contributed by atoms with E-state index in [4.69, 9.17) is 4.74 Å². The standard InChI is InChI=1S/C20H25N5O4/c1-12(26)21-14-7-5-6-13(10-14)18(27)22-17-15-8-9-25(11-16(15)23-24-17)19(28)29-20(2,3)4/h5-7,10H,8-9,11H2,1-4H3,(H,21,26)(H2,22,23,24,27). The van der Waals surface area contributed by atoms with Gasteiger partial charge in [0.15, 0.2) is 5.82 Å². The summed E-state index contributed by atoms with van der Waals surface area (Å²) >= 11 is 0. The summed E-state index contributed by atoms with van der Waals surface area (Å²) < 4.78 is 5.41. The highest BCUT2D eigenvalue weighted by molar-refractivity contribution is 6.05. The van der Waals surface area contributed by atoms with Crippen LogP contribution in [0.25, 0.3) is 0 Å². The third kappa shape index (κ3) is 5.13. The Labute approximate surface area is 168 Å². The van der Waals surface area contributed by atoms with Gasteiger partial charge in [0, 0.05) is 30.3 Å². The summed E-state index contributed by atoms with van der Waals surface area (Å²) in [5.41, 5.74) is 2.03. The van der Waals surface area contributed by atoms with Crippen LogP contribution in [0.4, 0.5) is 16.3 Å². The van der Waals surface area contributed by atoms with Gasteiger partial charge in [-0.05, 0) is 45.4 Å². The molecule has 0 fully saturated rings. The smallest absolute Gasteiger partial charge is 0.410 e. The molecule has 9 heteroatoms. The number of rotatable bonds is 3. The molecule has 2 aromatic rings. The molecule has 0 unspecified atom stereocenters. The topological polar surface area (TPSA) is 116 Å². The molecular formula is C20H25N5O4. The SMILES string of the molecule is CC(=O)Nc1cccc(C(=O)Nc2n[nH]c3c2CCN(C(=O)OC(C)(C)C)C3)c1. The number of carbonyl (C=O) groups excluding carboxylic acids is 3. The summed E-state index contributed by atoms with van der Waals surface area (Å²) in [7, 11) is 0. The number of nitrogens with one attached hydrogen (secondary N) is 3. The van der Waals surface area contributed by atoms with Gasteiger partial charge in [-0.2, -0.15) is 5.10 Å². The van der Waals surface area contributed by atoms with Gasteiger partial charge >= 0.3 is 6.09 Å². The van der Waals surface area contributed by atoms with Crippen LogP contribution in [0, 0.1) is 0 Å². The molecule has 29 heavy (non-hydrogen) atoms. The third-order valence-electron chi connectivity index (χ3n) is 4.26. The van der Waals surface area contributed by atoms with Crippen LogP contribution in [0.1, 0.15) is 49.3 Å².